The molecule has 1 aromatic carbocycles. The molecular formula is C15H23ClN2O. The Labute approximate surface area is 120 Å². The van der Waals surface area contributed by atoms with E-state index in [4.69, 9.17) is 22.1 Å². The number of hydrogen-bond donors (Lipinski definition) is 1. The van der Waals surface area contributed by atoms with Crippen LogP contribution in [0.25, 0.3) is 0 Å². The summed E-state index contributed by atoms with van der Waals surface area (Å²) in [6.07, 6.45) is 3.98. The van der Waals surface area contributed by atoms with Gasteiger partial charge in [-0.1, -0.05) is 24.1 Å². The van der Waals surface area contributed by atoms with Gasteiger partial charge < -0.3 is 10.5 Å². The molecule has 1 heterocycles. The van der Waals surface area contributed by atoms with Crippen molar-refractivity contribution in [1.29, 1.82) is 0 Å². The Hall–Kier alpha value is -0.770. The molecule has 1 aliphatic heterocycles. The van der Waals surface area contributed by atoms with Gasteiger partial charge in [0.25, 0.3) is 0 Å². The molecule has 0 saturated carbocycles. The van der Waals surface area contributed by atoms with Gasteiger partial charge in [-0.15, -0.1) is 0 Å². The number of piperidine rings is 1. The summed E-state index contributed by atoms with van der Waals surface area (Å²) in [4.78, 5) is 2.45. The summed E-state index contributed by atoms with van der Waals surface area (Å²) in [7, 11) is 0. The second-order valence-corrected chi connectivity index (χ2v) is 5.64. The Bertz CT molecular complexity index is 403. The van der Waals surface area contributed by atoms with E-state index in [1.54, 1.807) is 0 Å². The fourth-order valence-electron chi connectivity index (χ4n) is 2.39. The molecule has 1 aliphatic rings. The first-order chi connectivity index (χ1) is 9.16. The van der Waals surface area contributed by atoms with Crippen LogP contribution >= 0.6 is 11.6 Å². The van der Waals surface area contributed by atoms with Crippen LogP contribution in [0, 0.1) is 0 Å². The topological polar surface area (TPSA) is 38.5 Å². The summed E-state index contributed by atoms with van der Waals surface area (Å²) in [6, 6.07) is 5.78. The molecule has 1 fully saturated rings. The molecule has 19 heavy (non-hydrogen) atoms. The molecule has 4 heteroatoms. The van der Waals surface area contributed by atoms with Gasteiger partial charge in [0.05, 0.1) is 5.02 Å². The summed E-state index contributed by atoms with van der Waals surface area (Å²) in [6.45, 7) is 6.01. The predicted octanol–water partition coefficient (Wildman–Crippen LogP) is 3.22. The Morgan fingerprint density at radius 1 is 1.32 bits per heavy atom. The molecule has 1 atom stereocenters. The van der Waals surface area contributed by atoms with Gasteiger partial charge in [0.2, 0.25) is 0 Å². The summed E-state index contributed by atoms with van der Waals surface area (Å²) in [5.41, 5.74) is 6.86. The van der Waals surface area contributed by atoms with Crippen LogP contribution < -0.4 is 10.5 Å². The number of likely N-dealkylation sites (tertiary alicyclic amines) is 1. The number of rotatable bonds is 5. The van der Waals surface area contributed by atoms with E-state index in [0.717, 1.165) is 17.9 Å². The average molecular weight is 283 g/mol. The molecule has 0 aliphatic carbocycles. The summed E-state index contributed by atoms with van der Waals surface area (Å²) >= 11 is 6.20. The Balaban J connectivity index is 1.82. The van der Waals surface area contributed by atoms with Gasteiger partial charge >= 0.3 is 0 Å². The van der Waals surface area contributed by atoms with Crippen molar-refractivity contribution in [2.24, 2.45) is 5.73 Å². The first kappa shape index (κ1) is 14.6. The number of hydrogen-bond acceptors (Lipinski definition) is 3. The Kier molecular flexibility index (Phi) is 5.49. The van der Waals surface area contributed by atoms with Crippen LogP contribution in [0.5, 0.6) is 5.75 Å². The summed E-state index contributed by atoms with van der Waals surface area (Å²) < 4.78 is 5.76. The second-order valence-electron chi connectivity index (χ2n) is 5.23. The van der Waals surface area contributed by atoms with Gasteiger partial charge in [-0.2, -0.15) is 0 Å². The number of nitrogens with two attached hydrogens (primary N) is 1. The molecule has 2 rings (SSSR count). The first-order valence-corrected chi connectivity index (χ1v) is 7.45. The molecule has 2 N–H and O–H groups in total. The second kappa shape index (κ2) is 7.13. The smallest absolute Gasteiger partial charge is 0.137 e. The van der Waals surface area contributed by atoms with Crippen molar-refractivity contribution in [3.8, 4) is 5.75 Å². The van der Waals surface area contributed by atoms with E-state index in [1.807, 2.05) is 25.1 Å². The zero-order valence-electron chi connectivity index (χ0n) is 11.6. The lowest BCUT2D eigenvalue weighted by atomic mass is 10.1. The summed E-state index contributed by atoms with van der Waals surface area (Å²) in [5, 5.41) is 0.647. The fourth-order valence-corrected chi connectivity index (χ4v) is 2.63. The van der Waals surface area contributed by atoms with Gasteiger partial charge in [0, 0.05) is 12.6 Å². The minimum Gasteiger partial charge on any atom is -0.491 e. The van der Waals surface area contributed by atoms with Gasteiger partial charge in [0.1, 0.15) is 12.4 Å². The van der Waals surface area contributed by atoms with Gasteiger partial charge in [-0.05, 0) is 50.6 Å². The Morgan fingerprint density at radius 3 is 2.68 bits per heavy atom. The maximum atomic E-state index is 6.20. The monoisotopic (exact) mass is 282 g/mol. The number of ether oxygens (including phenoxy) is 1. The van der Waals surface area contributed by atoms with E-state index < -0.39 is 0 Å². The maximum absolute atomic E-state index is 6.20. The third-order valence-electron chi connectivity index (χ3n) is 3.60. The van der Waals surface area contributed by atoms with Crippen LogP contribution in [-0.2, 0) is 0 Å². The third kappa shape index (κ3) is 4.37. The lowest BCUT2D eigenvalue weighted by Crippen LogP contribution is -2.33. The van der Waals surface area contributed by atoms with Crippen LogP contribution in [0.4, 0.5) is 0 Å². The maximum Gasteiger partial charge on any atom is 0.137 e. The molecule has 0 bridgehead atoms. The van der Waals surface area contributed by atoms with Crippen LogP contribution in [0.1, 0.15) is 37.8 Å². The van der Waals surface area contributed by atoms with E-state index in [0.29, 0.717) is 11.6 Å². The highest BCUT2D eigenvalue weighted by molar-refractivity contribution is 6.32. The minimum atomic E-state index is -0.0000927. The van der Waals surface area contributed by atoms with Crippen molar-refractivity contribution in [3.05, 3.63) is 28.8 Å². The minimum absolute atomic E-state index is 0.0000927. The zero-order valence-corrected chi connectivity index (χ0v) is 12.3. The lowest BCUT2D eigenvalue weighted by Gasteiger charge is -2.26. The molecule has 0 radical (unpaired) electrons. The highest BCUT2D eigenvalue weighted by atomic mass is 35.5. The first-order valence-electron chi connectivity index (χ1n) is 7.07. The normalized spacial score (nSPS) is 18.3. The van der Waals surface area contributed by atoms with Gasteiger partial charge in [-0.3, -0.25) is 4.90 Å². The molecule has 0 spiro atoms. The molecule has 106 valence electrons. The van der Waals surface area contributed by atoms with E-state index in [1.165, 1.54) is 32.4 Å². The van der Waals surface area contributed by atoms with Crippen LogP contribution in [-0.4, -0.2) is 31.1 Å². The zero-order chi connectivity index (χ0) is 13.7. The van der Waals surface area contributed by atoms with Crippen molar-refractivity contribution in [2.75, 3.05) is 26.2 Å². The predicted molar refractivity (Wildman–Crippen MR) is 79.8 cm³/mol. The number of nitrogens with zero attached hydrogens (tertiary/aromatic N) is 1. The quantitative estimate of drug-likeness (QED) is 0.901. The van der Waals surface area contributed by atoms with E-state index in [2.05, 4.69) is 4.90 Å². The van der Waals surface area contributed by atoms with Gasteiger partial charge in [-0.25, -0.2) is 0 Å². The highest BCUT2D eigenvalue weighted by Gasteiger charge is 2.10. The lowest BCUT2D eigenvalue weighted by molar-refractivity contribution is 0.183. The van der Waals surface area contributed by atoms with Crippen molar-refractivity contribution < 1.29 is 4.74 Å². The van der Waals surface area contributed by atoms with Crippen molar-refractivity contribution in [2.45, 2.75) is 32.2 Å². The van der Waals surface area contributed by atoms with Crippen LogP contribution in [0.15, 0.2) is 18.2 Å². The van der Waals surface area contributed by atoms with Crippen molar-refractivity contribution in [3.63, 3.8) is 0 Å². The molecule has 0 aromatic heterocycles. The molecule has 0 unspecified atom stereocenters. The molecule has 1 saturated heterocycles. The largest absolute Gasteiger partial charge is 0.491 e. The van der Waals surface area contributed by atoms with Crippen LogP contribution in [0.2, 0.25) is 5.02 Å². The fraction of sp³-hybridized carbons (Fsp3) is 0.600. The molecular weight excluding hydrogens is 260 g/mol. The molecule has 0 amide bonds. The van der Waals surface area contributed by atoms with Gasteiger partial charge in [0.15, 0.2) is 0 Å². The highest BCUT2D eigenvalue weighted by Crippen LogP contribution is 2.27. The number of benzene rings is 1. The van der Waals surface area contributed by atoms with Crippen molar-refractivity contribution in [1.82, 2.24) is 4.90 Å². The standard InChI is InChI=1S/C15H23ClN2O/c1-12(17)13-5-6-15(14(16)11-13)19-10-9-18-7-3-2-4-8-18/h5-6,11-12H,2-4,7-10,17H2,1H3/t12-/m0/s1. The van der Waals surface area contributed by atoms with Crippen molar-refractivity contribution >= 4 is 11.6 Å². The van der Waals surface area contributed by atoms with E-state index in [9.17, 15) is 0 Å². The number of halogens is 1. The third-order valence-corrected chi connectivity index (χ3v) is 3.89. The SMILES string of the molecule is C[C@H](N)c1ccc(OCCN2CCCCC2)c(Cl)c1. The molecule has 1 aromatic rings. The summed E-state index contributed by atoms with van der Waals surface area (Å²) in [5.74, 6) is 0.753. The average Bonchev–Trinajstić information content (AvgIpc) is 2.41. The molecule has 3 nitrogen and oxygen atoms in total. The Morgan fingerprint density at radius 2 is 2.05 bits per heavy atom. The van der Waals surface area contributed by atoms with E-state index >= 15 is 0 Å². The van der Waals surface area contributed by atoms with E-state index in [-0.39, 0.29) is 6.04 Å². The van der Waals surface area contributed by atoms with Crippen LogP contribution in [0.3, 0.4) is 0 Å².